The number of aromatic nitrogens is 2. The third-order valence-corrected chi connectivity index (χ3v) is 2.57. The van der Waals surface area contributed by atoms with Crippen molar-refractivity contribution in [2.24, 2.45) is 0 Å². The molecule has 118 valence electrons. The molecule has 1 aromatic heterocycles. The van der Waals surface area contributed by atoms with E-state index in [2.05, 4.69) is 20.6 Å². The van der Waals surface area contributed by atoms with E-state index in [-0.39, 0.29) is 24.7 Å². The van der Waals surface area contributed by atoms with Crippen LogP contribution in [0.15, 0.2) is 0 Å². The summed E-state index contributed by atoms with van der Waals surface area (Å²) < 4.78 is 5.12. The van der Waals surface area contributed by atoms with E-state index in [1.165, 1.54) is 0 Å². The molecule has 0 aliphatic heterocycles. The van der Waals surface area contributed by atoms with E-state index in [1.54, 1.807) is 6.92 Å². The van der Waals surface area contributed by atoms with Crippen LogP contribution >= 0.6 is 0 Å². The molecule has 0 saturated carbocycles. The second-order valence-corrected chi connectivity index (χ2v) is 4.23. The monoisotopic (exact) mass is 299 g/mol. The van der Waals surface area contributed by atoms with Gasteiger partial charge < -0.3 is 20.5 Å². The summed E-state index contributed by atoms with van der Waals surface area (Å²) in [5.41, 5.74) is 0.193. The Balaban J connectivity index is 2.71. The molecule has 9 nitrogen and oxygen atoms in total. The van der Waals surface area contributed by atoms with Gasteiger partial charge in [0.2, 0.25) is 11.8 Å². The van der Waals surface area contributed by atoms with E-state index in [0.29, 0.717) is 37.8 Å². The van der Waals surface area contributed by atoms with Crippen LogP contribution in [0.3, 0.4) is 0 Å². The number of hydrogen-bond acceptors (Lipinski definition) is 8. The van der Waals surface area contributed by atoms with Crippen molar-refractivity contribution in [3.05, 3.63) is 15.8 Å². The summed E-state index contributed by atoms with van der Waals surface area (Å²) in [6, 6.07) is 0. The topological polar surface area (TPSA) is 122 Å². The first-order chi connectivity index (χ1) is 10.1. The first-order valence-electron chi connectivity index (χ1n) is 6.79. The van der Waals surface area contributed by atoms with Crippen molar-refractivity contribution in [2.75, 3.05) is 43.5 Å². The number of aliphatic hydroxyl groups excluding tert-OH is 1. The van der Waals surface area contributed by atoms with Crippen molar-refractivity contribution in [1.82, 2.24) is 9.97 Å². The smallest absolute Gasteiger partial charge is 0.332 e. The van der Waals surface area contributed by atoms with E-state index < -0.39 is 4.92 Å². The van der Waals surface area contributed by atoms with Crippen LogP contribution in [-0.2, 0) is 4.74 Å². The highest BCUT2D eigenvalue weighted by Crippen LogP contribution is 2.26. The van der Waals surface area contributed by atoms with Crippen LogP contribution in [0, 0.1) is 17.0 Å². The van der Waals surface area contributed by atoms with Crippen LogP contribution in [0.4, 0.5) is 17.5 Å². The average Bonchev–Trinajstić information content (AvgIpc) is 2.42. The molecule has 0 atom stereocenters. The molecule has 0 aromatic carbocycles. The Labute approximate surface area is 122 Å². The Morgan fingerprint density at radius 2 is 2.10 bits per heavy atom. The van der Waals surface area contributed by atoms with Crippen molar-refractivity contribution in [1.29, 1.82) is 0 Å². The van der Waals surface area contributed by atoms with E-state index in [4.69, 9.17) is 9.84 Å². The minimum atomic E-state index is -0.490. The van der Waals surface area contributed by atoms with Crippen molar-refractivity contribution < 1.29 is 14.8 Å². The van der Waals surface area contributed by atoms with Crippen LogP contribution in [0.25, 0.3) is 0 Å². The molecule has 0 bridgehead atoms. The molecule has 0 aliphatic rings. The van der Waals surface area contributed by atoms with Gasteiger partial charge in [-0.2, -0.15) is 4.98 Å². The van der Waals surface area contributed by atoms with Crippen molar-refractivity contribution >= 4 is 17.5 Å². The lowest BCUT2D eigenvalue weighted by Crippen LogP contribution is -2.13. The van der Waals surface area contributed by atoms with Gasteiger partial charge >= 0.3 is 5.69 Å². The second kappa shape index (κ2) is 9.03. The molecule has 0 radical (unpaired) electrons. The van der Waals surface area contributed by atoms with Gasteiger partial charge in [-0.25, -0.2) is 4.98 Å². The second-order valence-electron chi connectivity index (χ2n) is 4.23. The van der Waals surface area contributed by atoms with Gasteiger partial charge in [0.15, 0.2) is 0 Å². The van der Waals surface area contributed by atoms with Gasteiger partial charge in [-0.05, 0) is 20.3 Å². The highest BCUT2D eigenvalue weighted by atomic mass is 16.6. The molecular weight excluding hydrogens is 278 g/mol. The molecule has 0 saturated heterocycles. The third-order valence-electron chi connectivity index (χ3n) is 2.57. The van der Waals surface area contributed by atoms with Gasteiger partial charge in [0, 0.05) is 19.7 Å². The van der Waals surface area contributed by atoms with Crippen LogP contribution in [-0.4, -0.2) is 52.9 Å². The SMILES string of the molecule is CCNc1nc(C)c([N+](=O)[O-])c(NCCCOCCO)n1. The number of nitro groups is 1. The van der Waals surface area contributed by atoms with Gasteiger partial charge in [0.25, 0.3) is 0 Å². The standard InChI is InChI=1S/C12H21N5O4/c1-3-13-12-15-9(2)10(17(19)20)11(16-12)14-5-4-7-21-8-6-18/h18H,3-8H2,1-2H3,(H2,13,14,15,16). The molecule has 0 spiro atoms. The minimum absolute atomic E-state index is 0.0178. The summed E-state index contributed by atoms with van der Waals surface area (Å²) in [4.78, 5) is 18.8. The fourth-order valence-electron chi connectivity index (χ4n) is 1.69. The average molecular weight is 299 g/mol. The molecule has 0 unspecified atom stereocenters. The molecular formula is C12H21N5O4. The quantitative estimate of drug-likeness (QED) is 0.331. The first-order valence-corrected chi connectivity index (χ1v) is 6.79. The first kappa shape index (κ1) is 17.1. The number of ether oxygens (including phenoxy) is 1. The number of rotatable bonds is 10. The molecule has 1 rings (SSSR count). The fraction of sp³-hybridized carbons (Fsp3) is 0.667. The van der Waals surface area contributed by atoms with Crippen molar-refractivity contribution in [3.63, 3.8) is 0 Å². The normalized spacial score (nSPS) is 10.4. The van der Waals surface area contributed by atoms with Gasteiger partial charge in [0.05, 0.1) is 18.1 Å². The number of nitrogens with one attached hydrogen (secondary N) is 2. The Morgan fingerprint density at radius 3 is 2.71 bits per heavy atom. The Morgan fingerprint density at radius 1 is 1.33 bits per heavy atom. The summed E-state index contributed by atoms with van der Waals surface area (Å²) in [5, 5.41) is 25.5. The molecule has 1 aromatic rings. The molecule has 0 amide bonds. The zero-order valence-corrected chi connectivity index (χ0v) is 12.3. The fourth-order valence-corrected chi connectivity index (χ4v) is 1.69. The number of aryl methyl sites for hydroxylation is 1. The minimum Gasteiger partial charge on any atom is -0.394 e. The lowest BCUT2D eigenvalue weighted by atomic mass is 10.3. The van der Waals surface area contributed by atoms with E-state index >= 15 is 0 Å². The van der Waals surface area contributed by atoms with Crippen molar-refractivity contribution in [2.45, 2.75) is 20.3 Å². The summed E-state index contributed by atoms with van der Waals surface area (Å²) in [6.45, 7) is 5.32. The third kappa shape index (κ3) is 5.48. The summed E-state index contributed by atoms with van der Waals surface area (Å²) in [7, 11) is 0. The molecule has 3 N–H and O–H groups in total. The summed E-state index contributed by atoms with van der Waals surface area (Å²) in [5.74, 6) is 0.560. The van der Waals surface area contributed by atoms with Gasteiger partial charge in [-0.15, -0.1) is 0 Å². The maximum Gasteiger partial charge on any atom is 0.332 e. The Bertz CT molecular complexity index is 469. The van der Waals surface area contributed by atoms with Gasteiger partial charge in [0.1, 0.15) is 5.69 Å². The predicted molar refractivity (Wildman–Crippen MR) is 78.6 cm³/mol. The van der Waals surface area contributed by atoms with E-state index in [0.717, 1.165) is 0 Å². The maximum atomic E-state index is 11.1. The number of aliphatic hydroxyl groups is 1. The van der Waals surface area contributed by atoms with Crippen LogP contribution in [0.1, 0.15) is 19.0 Å². The number of anilines is 2. The maximum absolute atomic E-state index is 11.1. The van der Waals surface area contributed by atoms with E-state index in [9.17, 15) is 10.1 Å². The van der Waals surface area contributed by atoms with Crippen LogP contribution in [0.5, 0.6) is 0 Å². The van der Waals surface area contributed by atoms with Gasteiger partial charge in [-0.3, -0.25) is 10.1 Å². The molecule has 9 heteroatoms. The molecule has 0 aliphatic carbocycles. The Kier molecular flexibility index (Phi) is 7.33. The Hall–Kier alpha value is -2.00. The molecule has 0 fully saturated rings. The predicted octanol–water partition coefficient (Wildman–Crippen LogP) is 0.936. The van der Waals surface area contributed by atoms with Crippen molar-refractivity contribution in [3.8, 4) is 0 Å². The lowest BCUT2D eigenvalue weighted by Gasteiger charge is -2.10. The van der Waals surface area contributed by atoms with Crippen LogP contribution < -0.4 is 10.6 Å². The summed E-state index contributed by atoms with van der Waals surface area (Å²) >= 11 is 0. The zero-order chi connectivity index (χ0) is 15.7. The van der Waals surface area contributed by atoms with Crippen LogP contribution in [0.2, 0.25) is 0 Å². The number of nitrogens with zero attached hydrogens (tertiary/aromatic N) is 3. The van der Waals surface area contributed by atoms with Gasteiger partial charge in [-0.1, -0.05) is 0 Å². The summed E-state index contributed by atoms with van der Waals surface area (Å²) in [6.07, 6.45) is 0.650. The molecule has 21 heavy (non-hydrogen) atoms. The largest absolute Gasteiger partial charge is 0.394 e. The zero-order valence-electron chi connectivity index (χ0n) is 12.3. The number of hydrogen-bond donors (Lipinski definition) is 3. The molecule has 1 heterocycles. The highest BCUT2D eigenvalue weighted by Gasteiger charge is 2.21. The lowest BCUT2D eigenvalue weighted by molar-refractivity contribution is -0.385. The van der Waals surface area contributed by atoms with E-state index in [1.807, 2.05) is 6.92 Å². The highest BCUT2D eigenvalue weighted by molar-refractivity contribution is 5.60.